The highest BCUT2D eigenvalue weighted by molar-refractivity contribution is 7.90. The number of nitrogens with one attached hydrogen (secondary N) is 3. The van der Waals surface area contributed by atoms with Crippen molar-refractivity contribution in [3.05, 3.63) is 82.7 Å². The first-order chi connectivity index (χ1) is 21.3. The molecule has 0 bridgehead atoms. The zero-order chi connectivity index (χ0) is 30.7. The van der Waals surface area contributed by atoms with Crippen LogP contribution in [0.25, 0.3) is 11.0 Å². The minimum atomic E-state index is -4.46. The number of nitrogens with zero attached hydrogens (tertiary/aromatic N) is 3. The van der Waals surface area contributed by atoms with Crippen molar-refractivity contribution in [2.45, 2.75) is 42.7 Å². The number of carbonyl (C=O) groups excluding carboxylic acids is 1. The fourth-order valence-corrected chi connectivity index (χ4v) is 6.77. The van der Waals surface area contributed by atoms with Gasteiger partial charge in [-0.2, -0.15) is 0 Å². The average molecular weight is 621 g/mol. The summed E-state index contributed by atoms with van der Waals surface area (Å²) in [6.45, 7) is 3.31. The van der Waals surface area contributed by atoms with Crippen LogP contribution in [0.4, 0.5) is 11.4 Å². The highest BCUT2D eigenvalue weighted by Gasteiger charge is 2.29. The number of sulfonamides is 1. The summed E-state index contributed by atoms with van der Waals surface area (Å²) in [4.78, 5) is 33.8. The summed E-state index contributed by atoms with van der Waals surface area (Å²) in [5.74, 6) is -0.475. The number of nitro groups is 1. The monoisotopic (exact) mass is 620 g/mol. The second-order valence-electron chi connectivity index (χ2n) is 10.9. The number of hydrogen-bond donors (Lipinski definition) is 3. The Kier molecular flexibility index (Phi) is 8.46. The normalized spacial score (nSPS) is 19.4. The maximum Gasteiger partial charge on any atom is 0.293 e. The summed E-state index contributed by atoms with van der Waals surface area (Å²) >= 11 is 0. The van der Waals surface area contributed by atoms with Crippen LogP contribution in [-0.4, -0.2) is 72.5 Å². The van der Waals surface area contributed by atoms with Gasteiger partial charge in [-0.25, -0.2) is 18.1 Å². The number of carbonyl (C=O) groups is 1. The van der Waals surface area contributed by atoms with Crippen LogP contribution in [0.1, 0.15) is 36.0 Å². The Hall–Kier alpha value is -4.53. The summed E-state index contributed by atoms with van der Waals surface area (Å²) in [7, 11) is -4.46. The van der Waals surface area contributed by atoms with Crippen molar-refractivity contribution in [3.8, 4) is 11.5 Å². The summed E-state index contributed by atoms with van der Waals surface area (Å²) in [5, 5.41) is 16.0. The molecular formula is C30H32N6O7S. The van der Waals surface area contributed by atoms with Crippen LogP contribution in [-0.2, 0) is 14.8 Å². The van der Waals surface area contributed by atoms with Crippen LogP contribution in [0.15, 0.2) is 71.9 Å². The molecule has 44 heavy (non-hydrogen) atoms. The fraction of sp³-hybridized carbons (Fsp3) is 0.333. The van der Waals surface area contributed by atoms with Crippen molar-refractivity contribution in [1.29, 1.82) is 0 Å². The van der Waals surface area contributed by atoms with Gasteiger partial charge in [0.1, 0.15) is 22.8 Å². The quantitative estimate of drug-likeness (QED) is 0.180. The number of morpholine rings is 1. The van der Waals surface area contributed by atoms with E-state index >= 15 is 0 Å². The van der Waals surface area contributed by atoms with Gasteiger partial charge >= 0.3 is 0 Å². The molecule has 1 saturated heterocycles. The fourth-order valence-electron chi connectivity index (χ4n) is 5.78. The Bertz CT molecular complexity index is 1780. The number of rotatable bonds is 9. The average Bonchev–Trinajstić information content (AvgIpc) is 3.50. The zero-order valence-electron chi connectivity index (χ0n) is 23.8. The van der Waals surface area contributed by atoms with Gasteiger partial charge < -0.3 is 19.8 Å². The van der Waals surface area contributed by atoms with Gasteiger partial charge in [-0.3, -0.25) is 19.8 Å². The molecule has 3 N–H and O–H groups in total. The molecule has 0 atom stereocenters. The van der Waals surface area contributed by atoms with Crippen molar-refractivity contribution < 1.29 is 27.6 Å². The third-order valence-corrected chi connectivity index (χ3v) is 9.38. The second kappa shape index (κ2) is 12.6. The Morgan fingerprint density at radius 1 is 1.07 bits per heavy atom. The second-order valence-corrected chi connectivity index (χ2v) is 12.5. The number of ether oxygens (including phenoxy) is 2. The first-order valence-corrected chi connectivity index (χ1v) is 15.9. The van der Waals surface area contributed by atoms with E-state index in [1.165, 1.54) is 30.5 Å². The lowest BCUT2D eigenvalue weighted by atomic mass is 9.89. The van der Waals surface area contributed by atoms with Crippen molar-refractivity contribution >= 4 is 38.3 Å². The SMILES string of the molecule is O=C(NS(=O)(=O)c1ccc(NC2CCC(N3CCOCC3)CC2)c([N+](=O)[O-])c1)c1ccccc1Oc1cnc2[nH]ccc2c1. The molecule has 1 saturated carbocycles. The van der Waals surface area contributed by atoms with Crippen LogP contribution in [0.5, 0.6) is 11.5 Å². The molecule has 13 nitrogen and oxygen atoms in total. The summed E-state index contributed by atoms with van der Waals surface area (Å²) in [6.07, 6.45) is 6.82. The van der Waals surface area contributed by atoms with Gasteiger partial charge in [-0.15, -0.1) is 0 Å². The highest BCUT2D eigenvalue weighted by atomic mass is 32.2. The van der Waals surface area contributed by atoms with Crippen molar-refractivity contribution in [2.75, 3.05) is 31.6 Å². The molecule has 230 valence electrons. The number of benzene rings is 2. The number of aromatic amines is 1. The molecule has 2 aromatic heterocycles. The number of nitro benzene ring substituents is 1. The summed E-state index contributed by atoms with van der Waals surface area (Å²) in [6, 6.07) is 13.8. The third kappa shape index (κ3) is 6.51. The predicted molar refractivity (Wildman–Crippen MR) is 162 cm³/mol. The number of pyridine rings is 1. The molecule has 0 spiro atoms. The summed E-state index contributed by atoms with van der Waals surface area (Å²) < 4.78 is 39.8. The Labute approximate surface area is 253 Å². The molecular weight excluding hydrogens is 588 g/mol. The Balaban J connectivity index is 1.14. The smallest absolute Gasteiger partial charge is 0.293 e. The van der Waals surface area contributed by atoms with E-state index in [-0.39, 0.29) is 28.7 Å². The first kappa shape index (κ1) is 29.5. The van der Waals surface area contributed by atoms with E-state index in [0.29, 0.717) is 17.4 Å². The lowest BCUT2D eigenvalue weighted by Gasteiger charge is -2.39. The van der Waals surface area contributed by atoms with Crippen LogP contribution >= 0.6 is 0 Å². The lowest BCUT2D eigenvalue weighted by Crippen LogP contribution is -2.46. The number of hydrogen-bond acceptors (Lipinski definition) is 10. The van der Waals surface area contributed by atoms with Gasteiger partial charge in [-0.1, -0.05) is 12.1 Å². The molecule has 0 unspecified atom stereocenters. The minimum absolute atomic E-state index is 0.0257. The Morgan fingerprint density at radius 2 is 1.84 bits per heavy atom. The van der Waals surface area contributed by atoms with Gasteiger partial charge in [0.05, 0.1) is 34.8 Å². The standard InChI is InChI=1S/C30H32N6O7S/c37-30(25-3-1-2-4-28(25)43-23-17-20-11-12-31-29(20)32-19-23)34-44(40,41)24-9-10-26(27(18-24)36(38)39)33-21-5-7-22(8-6-21)35-13-15-42-16-14-35/h1-4,9-12,17-19,21-22,33H,5-8,13-16H2,(H,31,32)(H,34,37). The van der Waals surface area contributed by atoms with E-state index in [1.54, 1.807) is 24.4 Å². The number of H-pyrrole nitrogens is 1. The van der Waals surface area contributed by atoms with Crippen molar-refractivity contribution in [2.24, 2.45) is 0 Å². The van der Waals surface area contributed by atoms with Gasteiger partial charge in [0, 0.05) is 42.8 Å². The molecule has 1 aliphatic heterocycles. The minimum Gasteiger partial charge on any atom is -0.455 e. The van der Waals surface area contributed by atoms with Gasteiger partial charge in [0.2, 0.25) is 0 Å². The van der Waals surface area contributed by atoms with Gasteiger partial charge in [0.25, 0.3) is 21.6 Å². The molecule has 2 fully saturated rings. The van der Waals surface area contributed by atoms with E-state index < -0.39 is 25.7 Å². The molecule has 2 aliphatic rings. The van der Waals surface area contributed by atoms with Crippen molar-refractivity contribution in [3.63, 3.8) is 0 Å². The van der Waals surface area contributed by atoms with Crippen LogP contribution in [0.3, 0.4) is 0 Å². The van der Waals surface area contributed by atoms with E-state index in [4.69, 9.17) is 9.47 Å². The zero-order valence-corrected chi connectivity index (χ0v) is 24.6. The number of amides is 1. The molecule has 3 heterocycles. The number of para-hydroxylation sites is 1. The van der Waals surface area contributed by atoms with Gasteiger partial charge in [-0.05, 0) is 62.1 Å². The van der Waals surface area contributed by atoms with Gasteiger partial charge in [0.15, 0.2) is 0 Å². The molecule has 14 heteroatoms. The molecule has 1 amide bonds. The van der Waals surface area contributed by atoms with E-state index in [9.17, 15) is 23.3 Å². The Morgan fingerprint density at radius 3 is 2.61 bits per heavy atom. The number of fused-ring (bicyclic) bond motifs is 1. The van der Waals surface area contributed by atoms with Crippen LogP contribution in [0, 0.1) is 10.1 Å². The number of aromatic nitrogens is 2. The largest absolute Gasteiger partial charge is 0.455 e. The van der Waals surface area contributed by atoms with E-state index in [1.807, 2.05) is 10.8 Å². The molecule has 6 rings (SSSR count). The number of anilines is 1. The summed E-state index contributed by atoms with van der Waals surface area (Å²) in [5.41, 5.74) is 0.487. The topological polar surface area (TPSA) is 169 Å². The molecule has 4 aromatic rings. The van der Waals surface area contributed by atoms with E-state index in [0.717, 1.165) is 63.4 Å². The maximum absolute atomic E-state index is 13.2. The van der Waals surface area contributed by atoms with Crippen LogP contribution in [0.2, 0.25) is 0 Å². The highest BCUT2D eigenvalue weighted by Crippen LogP contribution is 2.32. The maximum atomic E-state index is 13.2. The van der Waals surface area contributed by atoms with Crippen molar-refractivity contribution in [1.82, 2.24) is 19.6 Å². The molecule has 2 aromatic carbocycles. The van der Waals surface area contributed by atoms with Crippen LogP contribution < -0.4 is 14.8 Å². The third-order valence-electron chi connectivity index (χ3n) is 8.06. The molecule has 1 aliphatic carbocycles. The molecule has 0 radical (unpaired) electrons. The first-order valence-electron chi connectivity index (χ1n) is 14.4. The van der Waals surface area contributed by atoms with E-state index in [2.05, 4.69) is 20.2 Å². The lowest BCUT2D eigenvalue weighted by molar-refractivity contribution is -0.384. The predicted octanol–water partition coefficient (Wildman–Crippen LogP) is 4.44.